The summed E-state index contributed by atoms with van der Waals surface area (Å²) in [7, 11) is 0. The van der Waals surface area contributed by atoms with Crippen LogP contribution in [0.1, 0.15) is 62.3 Å². The Labute approximate surface area is 460 Å². The molecule has 0 N–H and O–H groups in total. The fourth-order valence-corrected chi connectivity index (χ4v) is 10.2. The van der Waals surface area contributed by atoms with Crippen LogP contribution in [0.3, 0.4) is 0 Å². The maximum absolute atomic E-state index is 8.70. The molecule has 5 nitrogen and oxygen atoms in total. The summed E-state index contributed by atoms with van der Waals surface area (Å²) >= 11 is 0. The molecule has 0 spiro atoms. The molecule has 0 amide bonds. The van der Waals surface area contributed by atoms with Crippen molar-refractivity contribution in [2.24, 2.45) is 0 Å². The van der Waals surface area contributed by atoms with Crippen LogP contribution in [0.5, 0.6) is 11.5 Å². The van der Waals surface area contributed by atoms with Crippen molar-refractivity contribution in [3.8, 4) is 61.8 Å². The summed E-state index contributed by atoms with van der Waals surface area (Å²) in [6.07, 6.45) is 1.68. The van der Waals surface area contributed by atoms with Crippen LogP contribution in [0.15, 0.2) is 212 Å². The molecule has 9 aromatic carbocycles. The number of anilines is 4. The Morgan fingerprint density at radius 3 is 1.72 bits per heavy atom. The quantitative estimate of drug-likeness (QED) is 0.135. The van der Waals surface area contributed by atoms with Gasteiger partial charge >= 0.3 is 0 Å². The van der Waals surface area contributed by atoms with Gasteiger partial charge in [-0.1, -0.05) is 205 Å². The van der Waals surface area contributed by atoms with Gasteiger partial charge in [-0.15, -0.1) is 53.6 Å². The molecule has 372 valence electrons. The van der Waals surface area contributed by atoms with E-state index in [9.17, 15) is 0 Å². The predicted octanol–water partition coefficient (Wildman–Crippen LogP) is 18.5. The number of benzene rings is 9. The number of aryl methyl sites for hydroxylation is 1. The second kappa shape index (κ2) is 19.7. The maximum Gasteiger partial charge on any atom is 0.135 e. The van der Waals surface area contributed by atoms with Crippen molar-refractivity contribution in [3.05, 3.63) is 248 Å². The Morgan fingerprint density at radius 1 is 0.493 bits per heavy atom. The molecule has 0 saturated heterocycles. The molecule has 2 aromatic heterocycles. The van der Waals surface area contributed by atoms with Crippen LogP contribution in [0.2, 0.25) is 0 Å². The van der Waals surface area contributed by atoms with Crippen LogP contribution < -0.4 is 14.5 Å². The molecule has 6 heteroatoms. The molecule has 3 heterocycles. The van der Waals surface area contributed by atoms with Crippen LogP contribution in [-0.2, 0) is 31.9 Å². The number of nitrogens with zero attached hydrogens (tertiary/aromatic N) is 4. The van der Waals surface area contributed by atoms with Crippen LogP contribution in [0.4, 0.5) is 22.7 Å². The molecule has 0 saturated carbocycles. The Hall–Kier alpha value is -7.98. The molecule has 0 bridgehead atoms. The number of ether oxygens (including phenoxy) is 1. The standard InChI is InChI=1S/C69H57N4O.Pt/c1-46-38-66(70-44-61(46)49-24-15-10-16-25-49)73-62-37-32-51(47-20-11-8-12-21-47)39-60(62)59-36-35-55(43-65(59)73)74-56-41-53(69(5,6)7)40-54(42-56)71-45-72(64-29-18-17-28-63(64)71)67-57(48-22-13-9-14-23-48)26-19-27-58(67)50-30-33-52(34-31-50)68(2,3)4;/h8-41,44-45H,1-7H3;/q-3;/i1D3;. The number of hydrogen-bond donors (Lipinski definition) is 0. The molecule has 75 heavy (non-hydrogen) atoms. The number of rotatable bonds is 9. The van der Waals surface area contributed by atoms with Crippen molar-refractivity contribution < 1.29 is 29.9 Å². The number of para-hydroxylation sites is 3. The zero-order valence-electron chi connectivity index (χ0n) is 45.8. The largest absolute Gasteiger partial charge is 0.509 e. The van der Waals surface area contributed by atoms with E-state index in [2.05, 4.69) is 216 Å². The van der Waals surface area contributed by atoms with Crippen molar-refractivity contribution in [1.29, 1.82) is 0 Å². The molecule has 1 aliphatic rings. The summed E-state index contributed by atoms with van der Waals surface area (Å²) in [5, 5.41) is 1.90. The second-order valence-electron chi connectivity index (χ2n) is 21.2. The van der Waals surface area contributed by atoms with E-state index in [0.29, 0.717) is 28.4 Å². The smallest absolute Gasteiger partial charge is 0.135 e. The van der Waals surface area contributed by atoms with Gasteiger partial charge in [-0.05, 0) is 86.3 Å². The van der Waals surface area contributed by atoms with Gasteiger partial charge in [0.25, 0.3) is 0 Å². The average Bonchev–Trinajstić information content (AvgIpc) is 4.07. The second-order valence-corrected chi connectivity index (χ2v) is 21.2. The molecular formula is C69H57N4OPt-3. The first-order chi connectivity index (χ1) is 37.1. The van der Waals surface area contributed by atoms with E-state index in [1.54, 1.807) is 12.3 Å². The van der Waals surface area contributed by atoms with Crippen molar-refractivity contribution in [1.82, 2.24) is 9.55 Å². The number of pyridine rings is 1. The van der Waals surface area contributed by atoms with Gasteiger partial charge in [0.1, 0.15) is 5.82 Å². The van der Waals surface area contributed by atoms with Gasteiger partial charge in [-0.25, -0.2) is 4.98 Å². The zero-order chi connectivity index (χ0) is 53.2. The summed E-state index contributed by atoms with van der Waals surface area (Å²) in [4.78, 5) is 9.54. The molecule has 0 atom stereocenters. The summed E-state index contributed by atoms with van der Waals surface area (Å²) in [5.74, 6) is 1.47. The summed E-state index contributed by atoms with van der Waals surface area (Å²) in [6, 6.07) is 78.3. The fraction of sp³-hybridized carbons (Fsp3) is 0.130. The van der Waals surface area contributed by atoms with E-state index in [-0.39, 0.29) is 37.5 Å². The first kappa shape index (κ1) is 45.6. The monoisotopic (exact) mass is 1160 g/mol. The molecule has 12 rings (SSSR count). The van der Waals surface area contributed by atoms with Crippen LogP contribution in [-0.4, -0.2) is 9.55 Å². The third kappa shape index (κ3) is 9.36. The van der Waals surface area contributed by atoms with Crippen LogP contribution in [0.25, 0.3) is 72.1 Å². The van der Waals surface area contributed by atoms with E-state index in [4.69, 9.17) is 13.8 Å². The van der Waals surface area contributed by atoms with Crippen molar-refractivity contribution >= 4 is 44.6 Å². The summed E-state index contributed by atoms with van der Waals surface area (Å²) in [6.45, 7) is 13.1. The number of hydrogen-bond acceptors (Lipinski definition) is 4. The molecule has 1 aliphatic heterocycles. The predicted molar refractivity (Wildman–Crippen MR) is 308 cm³/mol. The summed E-state index contributed by atoms with van der Waals surface area (Å²) in [5.41, 5.74) is 15.8. The van der Waals surface area contributed by atoms with E-state index < -0.39 is 6.85 Å². The molecule has 0 unspecified atom stereocenters. The number of aromatic nitrogens is 2. The zero-order valence-corrected chi connectivity index (χ0v) is 45.1. The van der Waals surface area contributed by atoms with Crippen molar-refractivity contribution in [3.63, 3.8) is 0 Å². The van der Waals surface area contributed by atoms with Gasteiger partial charge in [0.2, 0.25) is 0 Å². The van der Waals surface area contributed by atoms with Gasteiger partial charge in [-0.3, -0.25) is 0 Å². The van der Waals surface area contributed by atoms with Crippen molar-refractivity contribution in [2.45, 2.75) is 59.2 Å². The molecular weight excluding hydrogens is 1100 g/mol. The first-order valence-electron chi connectivity index (χ1n) is 26.8. The van der Waals surface area contributed by atoms with Gasteiger partial charge in [0.15, 0.2) is 0 Å². The van der Waals surface area contributed by atoms with E-state index >= 15 is 0 Å². The number of fused-ring (bicyclic) bond motifs is 4. The van der Waals surface area contributed by atoms with Crippen LogP contribution in [0, 0.1) is 25.7 Å². The molecule has 0 aliphatic carbocycles. The van der Waals surface area contributed by atoms with Gasteiger partial charge in [0, 0.05) is 82.1 Å². The molecule has 0 fully saturated rings. The van der Waals surface area contributed by atoms with Crippen LogP contribution >= 0.6 is 0 Å². The third-order valence-corrected chi connectivity index (χ3v) is 14.2. The van der Waals surface area contributed by atoms with Crippen molar-refractivity contribution in [2.75, 3.05) is 9.80 Å². The van der Waals surface area contributed by atoms with E-state index in [0.717, 1.165) is 83.5 Å². The Kier molecular flexibility index (Phi) is 12.0. The minimum absolute atomic E-state index is 0. The fourth-order valence-electron chi connectivity index (χ4n) is 10.2. The Morgan fingerprint density at radius 2 is 1.08 bits per heavy atom. The van der Waals surface area contributed by atoms with Gasteiger partial charge in [-0.2, -0.15) is 6.07 Å². The Bertz CT molecular complexity index is 3990. The Balaban J connectivity index is 0.00000645. The molecule has 11 aromatic rings. The minimum atomic E-state index is -2.41. The topological polar surface area (TPSA) is 33.5 Å². The summed E-state index contributed by atoms with van der Waals surface area (Å²) < 4.78 is 35.1. The maximum atomic E-state index is 8.70. The first-order valence-corrected chi connectivity index (χ1v) is 25.3. The van der Waals surface area contributed by atoms with E-state index in [1.807, 2.05) is 59.2 Å². The normalized spacial score (nSPS) is 13.3. The molecule has 0 radical (unpaired) electrons. The third-order valence-electron chi connectivity index (χ3n) is 14.2. The average molecular weight is 1160 g/mol. The minimum Gasteiger partial charge on any atom is -0.509 e. The van der Waals surface area contributed by atoms with Gasteiger partial charge < -0.3 is 19.1 Å². The SMILES string of the molecule is [2H]C([2H])([2H])c1cc(-n2c3[c-]c(Oc4[c-]c(N5[CH-]N(c6c(-c7ccccc7)cccc6-c6ccc(C(C)(C)C)cc6)c6ccccc65)cc(C(C)(C)C)c4)ccc3c3cc(-c4ccccc4)ccc32)ncc1-c1ccccc1.[Pt]. The van der Waals surface area contributed by atoms with Gasteiger partial charge in [0.05, 0.1) is 0 Å². The van der Waals surface area contributed by atoms with E-state index in [1.165, 1.54) is 5.56 Å².